The molecule has 6 heteroatoms. The number of benzene rings is 2. The highest BCUT2D eigenvalue weighted by atomic mass is 35.5. The van der Waals surface area contributed by atoms with Crippen LogP contribution in [0, 0.1) is 6.92 Å². The van der Waals surface area contributed by atoms with Crippen molar-refractivity contribution in [3.8, 4) is 5.75 Å². The molecule has 2 aromatic carbocycles. The number of ether oxygens (including phenoxy) is 1. The van der Waals surface area contributed by atoms with Crippen molar-refractivity contribution in [2.24, 2.45) is 0 Å². The molecule has 138 valence electrons. The Morgan fingerprint density at radius 3 is 2.46 bits per heavy atom. The Labute approximate surface area is 158 Å². The fourth-order valence-corrected chi connectivity index (χ4v) is 2.74. The summed E-state index contributed by atoms with van der Waals surface area (Å²) in [6.45, 7) is 3.66. The molecule has 0 bridgehead atoms. The first-order valence-electron chi connectivity index (χ1n) is 8.37. The second-order valence-corrected chi connectivity index (χ2v) is 6.36. The summed E-state index contributed by atoms with van der Waals surface area (Å²) in [6, 6.07) is 14.1. The van der Waals surface area contributed by atoms with Gasteiger partial charge in [-0.1, -0.05) is 48.0 Å². The number of likely N-dealkylation sites (N-methyl/N-ethyl adjacent to an activating group) is 1. The maximum Gasteiger partial charge on any atom is 0.261 e. The minimum Gasteiger partial charge on any atom is -0.484 e. The van der Waals surface area contributed by atoms with Crippen LogP contribution in [0.2, 0.25) is 5.02 Å². The van der Waals surface area contributed by atoms with Gasteiger partial charge in [0.25, 0.3) is 5.91 Å². The van der Waals surface area contributed by atoms with E-state index in [4.69, 9.17) is 16.3 Å². The van der Waals surface area contributed by atoms with E-state index >= 15 is 0 Å². The van der Waals surface area contributed by atoms with Crippen LogP contribution in [0.5, 0.6) is 5.75 Å². The molecule has 26 heavy (non-hydrogen) atoms. The maximum atomic E-state index is 12.8. The topological polar surface area (TPSA) is 58.6 Å². The molecule has 0 saturated carbocycles. The molecule has 2 aromatic rings. The normalized spacial score (nSPS) is 11.5. The van der Waals surface area contributed by atoms with Crippen LogP contribution in [-0.2, 0) is 16.1 Å². The van der Waals surface area contributed by atoms with Crippen molar-refractivity contribution < 1.29 is 14.3 Å². The number of nitrogens with zero attached hydrogens (tertiary/aromatic N) is 1. The second kappa shape index (κ2) is 9.25. The van der Waals surface area contributed by atoms with Gasteiger partial charge in [-0.25, -0.2) is 0 Å². The predicted octanol–water partition coefficient (Wildman–Crippen LogP) is 3.19. The van der Waals surface area contributed by atoms with Crippen molar-refractivity contribution in [3.05, 3.63) is 64.7 Å². The van der Waals surface area contributed by atoms with Crippen LogP contribution in [0.25, 0.3) is 0 Å². The van der Waals surface area contributed by atoms with Crippen molar-refractivity contribution >= 4 is 23.4 Å². The van der Waals surface area contributed by atoms with Crippen LogP contribution < -0.4 is 10.1 Å². The molecule has 0 aliphatic heterocycles. The van der Waals surface area contributed by atoms with E-state index in [2.05, 4.69) is 5.32 Å². The van der Waals surface area contributed by atoms with Crippen LogP contribution >= 0.6 is 11.6 Å². The summed E-state index contributed by atoms with van der Waals surface area (Å²) in [6.07, 6.45) is 0. The molecule has 0 spiro atoms. The minimum absolute atomic E-state index is 0.156. The molecule has 0 fully saturated rings. The highest BCUT2D eigenvalue weighted by Crippen LogP contribution is 2.20. The quantitative estimate of drug-likeness (QED) is 0.809. The van der Waals surface area contributed by atoms with Gasteiger partial charge in [0.2, 0.25) is 5.91 Å². The molecule has 1 atom stereocenters. The SMILES string of the molecule is CNC(=O)C(C)N(Cc1ccccc1Cl)C(=O)COc1ccccc1C. The zero-order valence-electron chi connectivity index (χ0n) is 15.2. The van der Waals surface area contributed by atoms with Gasteiger partial charge in [0.1, 0.15) is 11.8 Å². The molecule has 2 amide bonds. The Kier molecular flexibility index (Phi) is 7.04. The van der Waals surface area contributed by atoms with Gasteiger partial charge in [-0.2, -0.15) is 0 Å². The highest BCUT2D eigenvalue weighted by Gasteiger charge is 2.26. The Morgan fingerprint density at radius 2 is 1.81 bits per heavy atom. The summed E-state index contributed by atoms with van der Waals surface area (Å²) in [7, 11) is 1.54. The van der Waals surface area contributed by atoms with E-state index < -0.39 is 6.04 Å². The lowest BCUT2D eigenvalue weighted by Crippen LogP contribution is -2.48. The zero-order chi connectivity index (χ0) is 19.1. The Balaban J connectivity index is 2.17. The van der Waals surface area contributed by atoms with Gasteiger partial charge in [0.15, 0.2) is 6.61 Å². The summed E-state index contributed by atoms with van der Waals surface area (Å²) in [5.74, 6) is 0.108. The summed E-state index contributed by atoms with van der Waals surface area (Å²) in [4.78, 5) is 26.3. The zero-order valence-corrected chi connectivity index (χ0v) is 15.9. The van der Waals surface area contributed by atoms with Gasteiger partial charge in [0, 0.05) is 18.6 Å². The Hall–Kier alpha value is -2.53. The average molecular weight is 375 g/mol. The number of amides is 2. The van der Waals surface area contributed by atoms with Crippen molar-refractivity contribution in [3.63, 3.8) is 0 Å². The molecule has 5 nitrogen and oxygen atoms in total. The first kappa shape index (κ1) is 19.8. The van der Waals surface area contributed by atoms with Crippen LogP contribution in [0.3, 0.4) is 0 Å². The maximum absolute atomic E-state index is 12.8. The third kappa shape index (κ3) is 4.99. The molecule has 1 unspecified atom stereocenters. The van der Waals surface area contributed by atoms with Crippen LogP contribution in [-0.4, -0.2) is 36.4 Å². The molecule has 0 aliphatic rings. The fourth-order valence-electron chi connectivity index (χ4n) is 2.54. The molecular formula is C20H23ClN2O3. The standard InChI is InChI=1S/C20H23ClN2O3/c1-14-8-4-7-11-18(14)26-13-19(24)23(15(2)20(25)22-3)12-16-9-5-6-10-17(16)21/h4-11,15H,12-13H2,1-3H3,(H,22,25). The molecular weight excluding hydrogens is 352 g/mol. The van der Waals surface area contributed by atoms with E-state index in [1.165, 1.54) is 4.90 Å². The molecule has 0 heterocycles. The van der Waals surface area contributed by atoms with Gasteiger partial charge in [-0.3, -0.25) is 9.59 Å². The van der Waals surface area contributed by atoms with Crippen LogP contribution in [0.4, 0.5) is 0 Å². The number of hydrogen-bond acceptors (Lipinski definition) is 3. The molecule has 0 radical (unpaired) electrons. The number of nitrogens with one attached hydrogen (secondary N) is 1. The number of para-hydroxylation sites is 1. The summed E-state index contributed by atoms with van der Waals surface area (Å²) >= 11 is 6.22. The molecule has 0 aliphatic carbocycles. The van der Waals surface area contributed by atoms with Crippen molar-refractivity contribution in [1.82, 2.24) is 10.2 Å². The second-order valence-electron chi connectivity index (χ2n) is 5.96. The number of aryl methyl sites for hydroxylation is 1. The van der Waals surface area contributed by atoms with E-state index in [1.807, 2.05) is 49.4 Å². The first-order chi connectivity index (χ1) is 12.4. The van der Waals surface area contributed by atoms with Crippen LogP contribution in [0.15, 0.2) is 48.5 Å². The van der Waals surface area contributed by atoms with Crippen molar-refractivity contribution in [1.29, 1.82) is 0 Å². The van der Waals surface area contributed by atoms with Gasteiger partial charge in [-0.15, -0.1) is 0 Å². The number of hydrogen-bond donors (Lipinski definition) is 1. The summed E-state index contributed by atoms with van der Waals surface area (Å²) in [5, 5.41) is 3.13. The number of rotatable bonds is 7. The lowest BCUT2D eigenvalue weighted by atomic mass is 10.1. The number of carbonyl (C=O) groups excluding carboxylic acids is 2. The van der Waals surface area contributed by atoms with E-state index in [-0.39, 0.29) is 25.0 Å². The summed E-state index contributed by atoms with van der Waals surface area (Å²) in [5.41, 5.74) is 1.71. The smallest absolute Gasteiger partial charge is 0.261 e. The number of halogens is 1. The van der Waals surface area contributed by atoms with E-state index in [1.54, 1.807) is 20.0 Å². The van der Waals surface area contributed by atoms with Crippen LogP contribution in [0.1, 0.15) is 18.1 Å². The first-order valence-corrected chi connectivity index (χ1v) is 8.74. The van der Waals surface area contributed by atoms with Gasteiger partial charge >= 0.3 is 0 Å². The van der Waals surface area contributed by atoms with Crippen molar-refractivity contribution in [2.45, 2.75) is 26.4 Å². The third-order valence-corrected chi connectivity index (χ3v) is 4.53. The van der Waals surface area contributed by atoms with Crippen molar-refractivity contribution in [2.75, 3.05) is 13.7 Å². The van der Waals surface area contributed by atoms with E-state index in [0.29, 0.717) is 10.8 Å². The molecule has 2 rings (SSSR count). The Morgan fingerprint density at radius 1 is 1.15 bits per heavy atom. The lowest BCUT2D eigenvalue weighted by molar-refractivity contribution is -0.142. The third-order valence-electron chi connectivity index (χ3n) is 4.16. The average Bonchev–Trinajstić information content (AvgIpc) is 2.65. The molecule has 0 aromatic heterocycles. The van der Waals surface area contributed by atoms with Gasteiger partial charge < -0.3 is 15.0 Å². The number of carbonyl (C=O) groups is 2. The lowest BCUT2D eigenvalue weighted by Gasteiger charge is -2.28. The largest absolute Gasteiger partial charge is 0.484 e. The predicted molar refractivity (Wildman–Crippen MR) is 102 cm³/mol. The summed E-state index contributed by atoms with van der Waals surface area (Å²) < 4.78 is 5.66. The molecule has 0 saturated heterocycles. The van der Waals surface area contributed by atoms with E-state index in [0.717, 1.165) is 11.1 Å². The fraction of sp³-hybridized carbons (Fsp3) is 0.300. The Bertz CT molecular complexity index is 779. The monoisotopic (exact) mass is 374 g/mol. The van der Waals surface area contributed by atoms with Gasteiger partial charge in [-0.05, 0) is 37.1 Å². The minimum atomic E-state index is -0.649. The van der Waals surface area contributed by atoms with E-state index in [9.17, 15) is 9.59 Å². The highest BCUT2D eigenvalue weighted by molar-refractivity contribution is 6.31. The molecule has 1 N–H and O–H groups in total. The van der Waals surface area contributed by atoms with Gasteiger partial charge in [0.05, 0.1) is 0 Å².